The van der Waals surface area contributed by atoms with Gasteiger partial charge in [0, 0.05) is 0 Å². The van der Waals surface area contributed by atoms with Crippen molar-refractivity contribution in [3.05, 3.63) is 30.1 Å². The molecule has 0 atom stereocenters. The van der Waals surface area contributed by atoms with Gasteiger partial charge < -0.3 is 5.32 Å². The first-order valence-corrected chi connectivity index (χ1v) is 7.95. The number of nitrogens with one attached hydrogen (secondary N) is 2. The number of rotatable bonds is 1. The van der Waals surface area contributed by atoms with E-state index in [0.717, 1.165) is 25.7 Å². The number of urea groups is 1. The summed E-state index contributed by atoms with van der Waals surface area (Å²) in [6.45, 7) is 6.84. The molecule has 0 bridgehead atoms. The van der Waals surface area contributed by atoms with Crippen molar-refractivity contribution in [2.75, 3.05) is 5.01 Å². The van der Waals surface area contributed by atoms with E-state index in [9.17, 15) is 9.18 Å². The maximum Gasteiger partial charge on any atom is 0.338 e. The van der Waals surface area contributed by atoms with Crippen molar-refractivity contribution < 1.29 is 9.18 Å². The molecule has 1 aromatic rings. The molecule has 22 heavy (non-hydrogen) atoms. The van der Waals surface area contributed by atoms with Crippen molar-refractivity contribution in [2.24, 2.45) is 11.3 Å². The third-order valence-corrected chi connectivity index (χ3v) is 5.02. The number of amides is 2. The summed E-state index contributed by atoms with van der Waals surface area (Å²) in [5.41, 5.74) is 3.93. The van der Waals surface area contributed by atoms with Gasteiger partial charge in [-0.05, 0) is 61.3 Å². The summed E-state index contributed by atoms with van der Waals surface area (Å²) >= 11 is 0. The summed E-state index contributed by atoms with van der Waals surface area (Å²) in [7, 11) is 0. The Morgan fingerprint density at radius 1 is 1.18 bits per heavy atom. The zero-order chi connectivity index (χ0) is 16.0. The number of nitrogens with zero attached hydrogens (tertiary/aromatic N) is 1. The predicted octanol–water partition coefficient (Wildman–Crippen LogP) is 3.79. The fraction of sp³-hybridized carbons (Fsp3) is 0.588. The fourth-order valence-electron chi connectivity index (χ4n) is 3.54. The highest BCUT2D eigenvalue weighted by molar-refractivity contribution is 5.93. The molecule has 2 aliphatic rings. The topological polar surface area (TPSA) is 44.4 Å². The average Bonchev–Trinajstić information content (AvgIpc) is 2.76. The van der Waals surface area contributed by atoms with Crippen LogP contribution in [0.1, 0.15) is 46.5 Å². The van der Waals surface area contributed by atoms with Gasteiger partial charge in [-0.2, -0.15) is 0 Å². The number of benzene rings is 1. The van der Waals surface area contributed by atoms with Gasteiger partial charge in [-0.3, -0.25) is 0 Å². The third-order valence-electron chi connectivity index (χ3n) is 5.02. The molecule has 120 valence electrons. The van der Waals surface area contributed by atoms with Crippen LogP contribution in [-0.2, 0) is 0 Å². The molecule has 4 nitrogen and oxygen atoms in total. The maximum atomic E-state index is 13.0. The van der Waals surface area contributed by atoms with Crippen molar-refractivity contribution in [1.29, 1.82) is 0 Å². The first kappa shape index (κ1) is 15.3. The Balaban J connectivity index is 1.71. The van der Waals surface area contributed by atoms with Crippen LogP contribution in [0.25, 0.3) is 0 Å². The second-order valence-electron chi connectivity index (χ2n) is 7.58. The van der Waals surface area contributed by atoms with Crippen molar-refractivity contribution >= 4 is 11.7 Å². The lowest BCUT2D eigenvalue weighted by molar-refractivity contribution is 0.114. The minimum absolute atomic E-state index is 0.166. The molecule has 1 spiro atoms. The first-order valence-electron chi connectivity index (χ1n) is 7.95. The number of hydrogen-bond donors (Lipinski definition) is 2. The van der Waals surface area contributed by atoms with Gasteiger partial charge in [0.05, 0.1) is 5.69 Å². The van der Waals surface area contributed by atoms with E-state index in [2.05, 4.69) is 31.5 Å². The summed E-state index contributed by atoms with van der Waals surface area (Å²) in [5, 5.41) is 4.58. The molecular formula is C17H24FN3O. The number of hydrogen-bond acceptors (Lipinski definition) is 2. The Morgan fingerprint density at radius 2 is 1.77 bits per heavy atom. The van der Waals surface area contributed by atoms with Gasteiger partial charge in [0.2, 0.25) is 0 Å². The predicted molar refractivity (Wildman–Crippen MR) is 84.7 cm³/mol. The van der Waals surface area contributed by atoms with Crippen molar-refractivity contribution in [2.45, 2.75) is 52.1 Å². The summed E-state index contributed by atoms with van der Waals surface area (Å²) in [6, 6.07) is 5.79. The van der Waals surface area contributed by atoms with Crippen LogP contribution in [0.5, 0.6) is 0 Å². The largest absolute Gasteiger partial charge is 0.338 e. The molecule has 5 heteroatoms. The van der Waals surface area contributed by atoms with Crippen molar-refractivity contribution in [1.82, 2.24) is 10.7 Å². The Labute approximate surface area is 131 Å². The lowest BCUT2D eigenvalue weighted by Crippen LogP contribution is -2.54. The van der Waals surface area contributed by atoms with E-state index in [-0.39, 0.29) is 17.5 Å². The first-order chi connectivity index (χ1) is 10.3. The Morgan fingerprint density at radius 3 is 2.32 bits per heavy atom. The molecule has 2 fully saturated rings. The summed E-state index contributed by atoms with van der Waals surface area (Å²) in [4.78, 5) is 12.3. The van der Waals surface area contributed by atoms with E-state index in [1.54, 1.807) is 12.1 Å². The van der Waals surface area contributed by atoms with Crippen LogP contribution in [-0.4, -0.2) is 11.7 Å². The van der Waals surface area contributed by atoms with E-state index in [1.807, 2.05) is 0 Å². The van der Waals surface area contributed by atoms with Crippen LogP contribution in [0.4, 0.5) is 14.9 Å². The van der Waals surface area contributed by atoms with Crippen molar-refractivity contribution in [3.63, 3.8) is 0 Å². The number of carbonyl (C=O) groups excluding carboxylic acids is 1. The molecule has 1 aromatic carbocycles. The molecule has 1 saturated heterocycles. The molecule has 1 heterocycles. The Kier molecular flexibility index (Phi) is 3.63. The fourth-order valence-corrected chi connectivity index (χ4v) is 3.54. The van der Waals surface area contributed by atoms with Gasteiger partial charge in [0.1, 0.15) is 11.5 Å². The highest BCUT2D eigenvalue weighted by atomic mass is 19.1. The molecule has 0 aromatic heterocycles. The minimum atomic E-state index is -0.354. The second-order valence-corrected chi connectivity index (χ2v) is 7.58. The molecule has 2 amide bonds. The number of anilines is 1. The SMILES string of the molecule is CC(C)(C)C1CCC2(CC1)NC(=O)N(c1ccc(F)cc1)N2. The highest BCUT2D eigenvalue weighted by Gasteiger charge is 2.46. The maximum absolute atomic E-state index is 13.0. The lowest BCUT2D eigenvalue weighted by Gasteiger charge is -2.41. The van der Waals surface area contributed by atoms with Gasteiger partial charge in [-0.25, -0.2) is 19.6 Å². The van der Waals surface area contributed by atoms with E-state index < -0.39 is 0 Å². The van der Waals surface area contributed by atoms with Gasteiger partial charge in [-0.15, -0.1) is 0 Å². The monoisotopic (exact) mass is 305 g/mol. The van der Waals surface area contributed by atoms with Crippen LogP contribution in [0.15, 0.2) is 24.3 Å². The summed E-state index contributed by atoms with van der Waals surface area (Å²) < 4.78 is 13.0. The van der Waals surface area contributed by atoms with Gasteiger partial charge in [-0.1, -0.05) is 20.8 Å². The molecule has 1 aliphatic carbocycles. The molecule has 3 rings (SSSR count). The van der Waals surface area contributed by atoms with E-state index in [1.165, 1.54) is 17.1 Å². The van der Waals surface area contributed by atoms with Gasteiger partial charge in [0.25, 0.3) is 0 Å². The van der Waals surface area contributed by atoms with Gasteiger partial charge >= 0.3 is 6.03 Å². The Bertz CT molecular complexity index is 556. The van der Waals surface area contributed by atoms with Gasteiger partial charge in [0.15, 0.2) is 0 Å². The zero-order valence-corrected chi connectivity index (χ0v) is 13.4. The Hall–Kier alpha value is -1.62. The van der Waals surface area contributed by atoms with Crippen molar-refractivity contribution in [3.8, 4) is 0 Å². The average molecular weight is 305 g/mol. The smallest absolute Gasteiger partial charge is 0.317 e. The second kappa shape index (κ2) is 5.23. The molecular weight excluding hydrogens is 281 g/mol. The number of carbonyl (C=O) groups is 1. The molecule has 1 aliphatic heterocycles. The molecule has 1 saturated carbocycles. The third kappa shape index (κ3) is 2.82. The molecule has 0 radical (unpaired) electrons. The number of halogens is 1. The van der Waals surface area contributed by atoms with Crippen LogP contribution in [0.3, 0.4) is 0 Å². The quantitative estimate of drug-likeness (QED) is 0.829. The van der Waals surface area contributed by atoms with Crippen LogP contribution >= 0.6 is 0 Å². The molecule has 2 N–H and O–H groups in total. The minimum Gasteiger partial charge on any atom is -0.317 e. The number of hydrazine groups is 1. The van der Waals surface area contributed by atoms with E-state index in [4.69, 9.17) is 0 Å². The standard InChI is InChI=1S/C17H24FN3O/c1-16(2,3)12-8-10-17(11-9-12)19-15(22)21(20-17)14-6-4-13(18)5-7-14/h4-7,12,20H,8-11H2,1-3H3,(H,19,22). The van der Waals surface area contributed by atoms with Crippen LogP contribution in [0, 0.1) is 17.2 Å². The zero-order valence-electron chi connectivity index (χ0n) is 13.4. The highest BCUT2D eigenvalue weighted by Crippen LogP contribution is 2.41. The van der Waals surface area contributed by atoms with E-state index >= 15 is 0 Å². The lowest BCUT2D eigenvalue weighted by atomic mass is 9.70. The summed E-state index contributed by atoms with van der Waals surface area (Å²) in [5.74, 6) is 0.375. The van der Waals surface area contributed by atoms with Crippen LogP contribution in [0.2, 0.25) is 0 Å². The summed E-state index contributed by atoms with van der Waals surface area (Å²) in [6.07, 6.45) is 4.01. The molecule has 0 unspecified atom stereocenters. The van der Waals surface area contributed by atoms with E-state index in [0.29, 0.717) is 17.0 Å². The normalized spacial score (nSPS) is 29.0. The van der Waals surface area contributed by atoms with Crippen LogP contribution < -0.4 is 15.8 Å².